The molecule has 1 heterocycles. The first-order valence-corrected chi connectivity index (χ1v) is 15.1. The predicted molar refractivity (Wildman–Crippen MR) is 166 cm³/mol. The van der Waals surface area contributed by atoms with Gasteiger partial charge in [-0.1, -0.05) is 87.5 Å². The van der Waals surface area contributed by atoms with Crippen LogP contribution in [-0.4, -0.2) is 43.7 Å². The van der Waals surface area contributed by atoms with Crippen LogP contribution in [0.3, 0.4) is 0 Å². The smallest absolute Gasteiger partial charge is 0.248 e. The highest BCUT2D eigenvalue weighted by atomic mass is 127. The Labute approximate surface area is 251 Å². The second-order valence-corrected chi connectivity index (χ2v) is 13.7. The molecule has 0 spiro atoms. The molecule has 218 valence electrons. The first-order chi connectivity index (χ1) is 18.8. The van der Waals surface area contributed by atoms with Gasteiger partial charge in [0.05, 0.1) is 10.1 Å². The summed E-state index contributed by atoms with van der Waals surface area (Å²) in [6.45, 7) is 12.9. The number of hydrogen-bond acceptors (Lipinski definition) is 3. The Hall–Kier alpha value is -2.30. The molecular weight excluding hydrogens is 623 g/mol. The number of amides is 1. The van der Waals surface area contributed by atoms with E-state index in [1.807, 2.05) is 47.2 Å². The summed E-state index contributed by atoms with van der Waals surface area (Å²) < 4.78 is 31.4. The van der Waals surface area contributed by atoms with Crippen molar-refractivity contribution < 1.29 is 18.7 Å². The molecule has 40 heavy (non-hydrogen) atoms. The summed E-state index contributed by atoms with van der Waals surface area (Å²) in [7, 11) is 0. The molecule has 0 fully saturated rings. The van der Waals surface area contributed by atoms with Gasteiger partial charge in [0, 0.05) is 42.1 Å². The van der Waals surface area contributed by atoms with E-state index in [0.717, 1.165) is 23.4 Å². The van der Waals surface area contributed by atoms with Crippen molar-refractivity contribution in [3.05, 3.63) is 83.7 Å². The van der Waals surface area contributed by atoms with Crippen molar-refractivity contribution in [2.75, 3.05) is 13.2 Å². The summed E-state index contributed by atoms with van der Waals surface area (Å²) in [6, 6.07) is 14.9. The Morgan fingerprint density at radius 1 is 1.07 bits per heavy atom. The molecule has 1 amide bonds. The molecule has 0 saturated heterocycles. The Bertz CT molecular complexity index is 1250. The molecular formula is C32H42F2IN3O2. The standard InChI is InChI=1S/C32H42F2IN3O2/c1-21(2)28(36-22(3)35)14-15-38(30(40)20-39)31(32(4,5)6)29-16-24(26-17-25(33)12-13-27(26)34)19-37(29)18-23-10-8-7-9-11-23/h7-13,16-17,19,21-22,28,31,36,39H,14-15,18,20H2,1-6H3. The van der Waals surface area contributed by atoms with E-state index in [0.29, 0.717) is 31.0 Å². The zero-order valence-electron chi connectivity index (χ0n) is 24.3. The third-order valence-electron chi connectivity index (χ3n) is 7.16. The third kappa shape index (κ3) is 8.36. The van der Waals surface area contributed by atoms with Crippen LogP contribution in [0.1, 0.15) is 65.3 Å². The van der Waals surface area contributed by atoms with Crippen LogP contribution >= 0.6 is 22.6 Å². The number of carbonyl (C=O) groups is 1. The quantitative estimate of drug-likeness (QED) is 0.123. The Balaban J connectivity index is 2.15. The van der Waals surface area contributed by atoms with Gasteiger partial charge in [-0.2, -0.15) is 0 Å². The van der Waals surface area contributed by atoms with Gasteiger partial charge in [0.25, 0.3) is 0 Å². The van der Waals surface area contributed by atoms with E-state index in [1.54, 1.807) is 4.90 Å². The first-order valence-electron chi connectivity index (χ1n) is 13.8. The molecule has 1 aromatic heterocycles. The number of aromatic nitrogens is 1. The van der Waals surface area contributed by atoms with Gasteiger partial charge in [-0.3, -0.25) is 4.79 Å². The van der Waals surface area contributed by atoms with E-state index in [9.17, 15) is 18.7 Å². The minimum Gasteiger partial charge on any atom is -0.387 e. The summed E-state index contributed by atoms with van der Waals surface area (Å²) in [5.41, 5.74) is 2.11. The monoisotopic (exact) mass is 665 g/mol. The first kappa shape index (κ1) is 32.2. The van der Waals surface area contributed by atoms with Crippen LogP contribution in [0.15, 0.2) is 60.8 Å². The van der Waals surface area contributed by atoms with Crippen molar-refractivity contribution in [2.24, 2.45) is 11.3 Å². The van der Waals surface area contributed by atoms with Crippen LogP contribution in [0.5, 0.6) is 0 Å². The number of alkyl halides is 1. The molecule has 0 aliphatic heterocycles. The highest BCUT2D eigenvalue weighted by molar-refractivity contribution is 14.1. The van der Waals surface area contributed by atoms with Crippen LogP contribution in [-0.2, 0) is 11.3 Å². The van der Waals surface area contributed by atoms with Crippen LogP contribution in [0.2, 0.25) is 0 Å². The number of rotatable bonds is 12. The van der Waals surface area contributed by atoms with E-state index < -0.39 is 29.7 Å². The molecule has 3 rings (SSSR count). The summed E-state index contributed by atoms with van der Waals surface area (Å²) in [5.74, 6) is -1.05. The SMILES string of the molecule is CC(I)NC(CCN(C(=O)CO)C(c1cc(-c2cc(F)ccc2F)cn1Cc1ccccc1)C(C)(C)C)C(C)C. The summed E-state index contributed by atoms with van der Waals surface area (Å²) >= 11 is 2.34. The average molecular weight is 666 g/mol. The average Bonchev–Trinajstić information content (AvgIpc) is 3.28. The van der Waals surface area contributed by atoms with E-state index in [4.69, 9.17) is 0 Å². The number of hydrogen-bond donors (Lipinski definition) is 2. The van der Waals surface area contributed by atoms with Crippen LogP contribution in [0, 0.1) is 23.0 Å². The molecule has 0 radical (unpaired) electrons. The molecule has 2 N–H and O–H groups in total. The van der Waals surface area contributed by atoms with Gasteiger partial charge in [-0.15, -0.1) is 0 Å². The Kier molecular flexibility index (Phi) is 11.3. The summed E-state index contributed by atoms with van der Waals surface area (Å²) in [5, 5.41) is 13.6. The molecule has 8 heteroatoms. The number of aliphatic hydroxyl groups is 1. The number of aliphatic hydroxyl groups excluding tert-OH is 1. The molecule has 3 unspecified atom stereocenters. The van der Waals surface area contributed by atoms with Gasteiger partial charge in [0.2, 0.25) is 5.91 Å². The topological polar surface area (TPSA) is 57.5 Å². The number of nitrogens with zero attached hydrogens (tertiary/aromatic N) is 2. The minimum atomic E-state index is -0.611. The van der Waals surface area contributed by atoms with Gasteiger partial charge in [0.1, 0.15) is 18.2 Å². The molecule has 0 saturated carbocycles. The molecule has 3 atom stereocenters. The van der Waals surface area contributed by atoms with E-state index >= 15 is 0 Å². The van der Waals surface area contributed by atoms with E-state index in [1.165, 1.54) is 6.07 Å². The zero-order chi connectivity index (χ0) is 29.6. The van der Waals surface area contributed by atoms with Crippen molar-refractivity contribution in [3.8, 4) is 11.1 Å². The number of nitrogens with one attached hydrogen (secondary N) is 1. The largest absolute Gasteiger partial charge is 0.387 e. The highest BCUT2D eigenvalue weighted by Crippen LogP contribution is 2.41. The summed E-state index contributed by atoms with van der Waals surface area (Å²) in [4.78, 5) is 15.1. The second kappa shape index (κ2) is 14.0. The maximum atomic E-state index is 14.9. The van der Waals surface area contributed by atoms with E-state index in [2.05, 4.69) is 69.5 Å². The molecule has 0 bridgehead atoms. The van der Waals surface area contributed by atoms with Gasteiger partial charge in [-0.05, 0) is 54.5 Å². The lowest BCUT2D eigenvalue weighted by Crippen LogP contribution is -2.46. The van der Waals surface area contributed by atoms with Crippen molar-refractivity contribution in [2.45, 2.75) is 70.6 Å². The molecule has 0 aliphatic carbocycles. The lowest BCUT2D eigenvalue weighted by molar-refractivity contribution is -0.139. The predicted octanol–water partition coefficient (Wildman–Crippen LogP) is 7.18. The zero-order valence-corrected chi connectivity index (χ0v) is 26.5. The van der Waals surface area contributed by atoms with Crippen molar-refractivity contribution >= 4 is 28.5 Å². The fraction of sp³-hybridized carbons (Fsp3) is 0.469. The van der Waals surface area contributed by atoms with Crippen LogP contribution in [0.25, 0.3) is 11.1 Å². The fourth-order valence-electron chi connectivity index (χ4n) is 5.28. The summed E-state index contributed by atoms with van der Waals surface area (Å²) in [6.07, 6.45) is 2.53. The van der Waals surface area contributed by atoms with Gasteiger partial charge < -0.3 is 19.9 Å². The highest BCUT2D eigenvalue weighted by Gasteiger charge is 2.37. The van der Waals surface area contributed by atoms with Crippen molar-refractivity contribution in [3.63, 3.8) is 0 Å². The van der Waals surface area contributed by atoms with Crippen molar-refractivity contribution in [1.29, 1.82) is 0 Å². The lowest BCUT2D eigenvalue weighted by atomic mass is 9.82. The second-order valence-electron chi connectivity index (χ2n) is 11.8. The fourth-order valence-corrected chi connectivity index (χ4v) is 5.74. The number of halogens is 3. The maximum absolute atomic E-state index is 14.9. The maximum Gasteiger partial charge on any atom is 0.248 e. The Morgan fingerprint density at radius 3 is 2.33 bits per heavy atom. The van der Waals surface area contributed by atoms with Gasteiger partial charge >= 0.3 is 0 Å². The van der Waals surface area contributed by atoms with E-state index in [-0.39, 0.29) is 21.6 Å². The van der Waals surface area contributed by atoms with Crippen LogP contribution in [0.4, 0.5) is 8.78 Å². The van der Waals surface area contributed by atoms with Gasteiger partial charge in [0.15, 0.2) is 0 Å². The lowest BCUT2D eigenvalue weighted by Gasteiger charge is -2.41. The van der Waals surface area contributed by atoms with Crippen molar-refractivity contribution in [1.82, 2.24) is 14.8 Å². The minimum absolute atomic E-state index is 0.167. The number of benzene rings is 2. The van der Waals surface area contributed by atoms with Crippen LogP contribution < -0.4 is 5.32 Å². The molecule has 3 aromatic rings. The molecule has 5 nitrogen and oxygen atoms in total. The molecule has 0 aliphatic rings. The normalized spacial score (nSPS) is 14.3. The Morgan fingerprint density at radius 2 is 1.75 bits per heavy atom. The third-order valence-corrected chi connectivity index (χ3v) is 7.52. The molecule has 2 aromatic carbocycles. The number of carbonyl (C=O) groups excluding carboxylic acids is 1. The van der Waals surface area contributed by atoms with Gasteiger partial charge in [-0.25, -0.2) is 8.78 Å².